The zero-order valence-corrected chi connectivity index (χ0v) is 19.1. The molecule has 1 amide bonds. The second-order valence-corrected chi connectivity index (χ2v) is 8.25. The van der Waals surface area contributed by atoms with Crippen LogP contribution in [0.15, 0.2) is 42.6 Å². The normalized spacial score (nSPS) is 11.2. The lowest BCUT2D eigenvalue weighted by atomic mass is 10.1. The second kappa shape index (κ2) is 10.2. The molecule has 8 nitrogen and oxygen atoms in total. The molecule has 0 saturated heterocycles. The van der Waals surface area contributed by atoms with Crippen LogP contribution in [0.3, 0.4) is 0 Å². The molecule has 9 heteroatoms. The standard InChI is InChI=1S/C24H28FN3O5/c1-24(2,3)33-23(29)28-9-5-11-31-22-14-18-16(13-21(22)30-4)19(8-10-27-18)32-20-7-6-15(26)12-17(20)25/h6-8,10,12-14H,5,9,11,26H2,1-4H3,(H,28,29). The summed E-state index contributed by atoms with van der Waals surface area (Å²) < 4.78 is 36.4. The Kier molecular flexibility index (Phi) is 7.42. The highest BCUT2D eigenvalue weighted by molar-refractivity contribution is 5.88. The fourth-order valence-electron chi connectivity index (χ4n) is 2.97. The summed E-state index contributed by atoms with van der Waals surface area (Å²) in [6.45, 7) is 6.15. The highest BCUT2D eigenvalue weighted by Gasteiger charge is 2.16. The number of alkyl carbamates (subject to hydrolysis) is 1. The number of amides is 1. The van der Waals surface area contributed by atoms with Crippen molar-refractivity contribution in [3.8, 4) is 23.0 Å². The van der Waals surface area contributed by atoms with Crippen LogP contribution in [0.1, 0.15) is 27.2 Å². The van der Waals surface area contributed by atoms with Gasteiger partial charge in [-0.25, -0.2) is 9.18 Å². The van der Waals surface area contributed by atoms with Crippen LogP contribution in [0, 0.1) is 5.82 Å². The number of nitrogens with zero attached hydrogens (tertiary/aromatic N) is 1. The van der Waals surface area contributed by atoms with E-state index in [-0.39, 0.29) is 5.75 Å². The quantitative estimate of drug-likeness (QED) is 0.360. The predicted molar refractivity (Wildman–Crippen MR) is 124 cm³/mol. The van der Waals surface area contributed by atoms with Gasteiger partial charge in [0.1, 0.15) is 11.4 Å². The predicted octanol–water partition coefficient (Wildman–Crippen LogP) is 5.05. The number of carbonyl (C=O) groups excluding carboxylic acids is 1. The first kappa shape index (κ1) is 23.9. The zero-order chi connectivity index (χ0) is 24.0. The molecular formula is C24H28FN3O5. The first-order valence-corrected chi connectivity index (χ1v) is 10.5. The SMILES string of the molecule is COc1cc2c(Oc3ccc(N)cc3F)ccnc2cc1OCCCNC(=O)OC(C)(C)C. The fraction of sp³-hybridized carbons (Fsp3) is 0.333. The van der Waals surface area contributed by atoms with Crippen molar-refractivity contribution in [2.75, 3.05) is 26.0 Å². The molecule has 176 valence electrons. The number of aromatic nitrogens is 1. The zero-order valence-electron chi connectivity index (χ0n) is 19.1. The van der Waals surface area contributed by atoms with E-state index in [1.165, 1.54) is 19.2 Å². The van der Waals surface area contributed by atoms with Gasteiger partial charge in [-0.05, 0) is 51.5 Å². The van der Waals surface area contributed by atoms with Gasteiger partial charge in [0.05, 0.1) is 19.2 Å². The van der Waals surface area contributed by atoms with Gasteiger partial charge in [-0.3, -0.25) is 4.98 Å². The molecule has 33 heavy (non-hydrogen) atoms. The summed E-state index contributed by atoms with van der Waals surface area (Å²) in [7, 11) is 1.52. The van der Waals surface area contributed by atoms with Crippen molar-refractivity contribution >= 4 is 22.7 Å². The minimum absolute atomic E-state index is 0.0495. The molecule has 2 aromatic carbocycles. The minimum atomic E-state index is -0.563. The Bertz CT molecular complexity index is 1130. The molecule has 1 heterocycles. The lowest BCUT2D eigenvalue weighted by Gasteiger charge is -2.19. The monoisotopic (exact) mass is 457 g/mol. The van der Waals surface area contributed by atoms with Crippen LogP contribution in [-0.4, -0.2) is 36.9 Å². The van der Waals surface area contributed by atoms with Gasteiger partial charge in [0, 0.05) is 35.9 Å². The number of ether oxygens (including phenoxy) is 4. The Hall–Kier alpha value is -3.75. The van der Waals surface area contributed by atoms with Crippen molar-refractivity contribution in [2.24, 2.45) is 0 Å². The van der Waals surface area contributed by atoms with E-state index in [9.17, 15) is 9.18 Å². The molecule has 0 fully saturated rings. The average Bonchev–Trinajstić information content (AvgIpc) is 2.73. The number of hydrogen-bond acceptors (Lipinski definition) is 7. The van der Waals surface area contributed by atoms with Crippen LogP contribution in [0.25, 0.3) is 10.9 Å². The van der Waals surface area contributed by atoms with E-state index in [1.54, 1.807) is 51.2 Å². The van der Waals surface area contributed by atoms with E-state index in [4.69, 9.17) is 24.7 Å². The van der Waals surface area contributed by atoms with Gasteiger partial charge < -0.3 is 30.0 Å². The first-order chi connectivity index (χ1) is 15.7. The maximum atomic E-state index is 14.2. The number of rotatable bonds is 8. The Morgan fingerprint density at radius 2 is 1.88 bits per heavy atom. The molecule has 1 aromatic heterocycles. The first-order valence-electron chi connectivity index (χ1n) is 10.5. The van der Waals surface area contributed by atoms with E-state index in [0.717, 1.165) is 0 Å². The Labute approximate surface area is 191 Å². The van der Waals surface area contributed by atoms with Gasteiger partial charge in [0.2, 0.25) is 0 Å². The molecule has 3 N–H and O–H groups in total. The number of nitrogen functional groups attached to an aromatic ring is 1. The highest BCUT2D eigenvalue weighted by Crippen LogP contribution is 2.37. The van der Waals surface area contributed by atoms with Gasteiger partial charge in [0.25, 0.3) is 0 Å². The molecule has 0 spiro atoms. The van der Waals surface area contributed by atoms with Crippen molar-refractivity contribution in [1.82, 2.24) is 10.3 Å². The number of hydrogen-bond donors (Lipinski definition) is 2. The third-order valence-electron chi connectivity index (χ3n) is 4.41. The molecule has 3 rings (SSSR count). The van der Waals surface area contributed by atoms with Crippen LogP contribution in [0.4, 0.5) is 14.9 Å². The van der Waals surface area contributed by atoms with E-state index in [1.807, 2.05) is 0 Å². The number of halogens is 1. The molecule has 3 aromatic rings. The Morgan fingerprint density at radius 1 is 1.09 bits per heavy atom. The number of pyridine rings is 1. The molecule has 0 aliphatic heterocycles. The maximum Gasteiger partial charge on any atom is 0.407 e. The molecule has 0 saturated carbocycles. The largest absolute Gasteiger partial charge is 0.493 e. The van der Waals surface area contributed by atoms with Crippen molar-refractivity contribution in [1.29, 1.82) is 0 Å². The van der Waals surface area contributed by atoms with Crippen LogP contribution >= 0.6 is 0 Å². The van der Waals surface area contributed by atoms with Gasteiger partial charge >= 0.3 is 6.09 Å². The third kappa shape index (κ3) is 6.61. The number of nitrogens with two attached hydrogens (primary N) is 1. The topological polar surface area (TPSA) is 105 Å². The lowest BCUT2D eigenvalue weighted by Crippen LogP contribution is -2.33. The number of nitrogens with one attached hydrogen (secondary N) is 1. The molecule has 0 unspecified atom stereocenters. The number of fused-ring (bicyclic) bond motifs is 1. The van der Waals surface area contributed by atoms with Crippen LogP contribution in [0.5, 0.6) is 23.0 Å². The van der Waals surface area contributed by atoms with Crippen LogP contribution in [-0.2, 0) is 4.74 Å². The molecule has 0 aliphatic rings. The average molecular weight is 458 g/mol. The minimum Gasteiger partial charge on any atom is -0.493 e. The highest BCUT2D eigenvalue weighted by atomic mass is 19.1. The molecular weight excluding hydrogens is 429 g/mol. The van der Waals surface area contributed by atoms with E-state index in [2.05, 4.69) is 10.3 Å². The molecule has 0 atom stereocenters. The summed E-state index contributed by atoms with van der Waals surface area (Å²) in [5.74, 6) is 0.860. The summed E-state index contributed by atoms with van der Waals surface area (Å²) >= 11 is 0. The summed E-state index contributed by atoms with van der Waals surface area (Å²) in [5.41, 5.74) is 5.95. The summed E-state index contributed by atoms with van der Waals surface area (Å²) in [5, 5.41) is 3.31. The number of carbonyl (C=O) groups is 1. The molecule has 0 bridgehead atoms. The van der Waals surface area contributed by atoms with E-state index >= 15 is 0 Å². The van der Waals surface area contributed by atoms with Gasteiger partial charge in [-0.2, -0.15) is 0 Å². The summed E-state index contributed by atoms with van der Waals surface area (Å²) in [6, 6.07) is 9.31. The second-order valence-electron chi connectivity index (χ2n) is 8.25. The third-order valence-corrected chi connectivity index (χ3v) is 4.41. The Balaban J connectivity index is 1.68. The van der Waals surface area contributed by atoms with Gasteiger partial charge in [-0.15, -0.1) is 0 Å². The molecule has 0 aliphatic carbocycles. The maximum absolute atomic E-state index is 14.2. The lowest BCUT2D eigenvalue weighted by molar-refractivity contribution is 0.0525. The van der Waals surface area contributed by atoms with Crippen molar-refractivity contribution in [3.05, 3.63) is 48.4 Å². The van der Waals surface area contributed by atoms with Gasteiger partial charge in [-0.1, -0.05) is 0 Å². The smallest absolute Gasteiger partial charge is 0.407 e. The number of methoxy groups -OCH3 is 1. The summed E-state index contributed by atoms with van der Waals surface area (Å²) in [6.07, 6.45) is 1.65. The fourth-order valence-corrected chi connectivity index (χ4v) is 2.97. The Morgan fingerprint density at radius 3 is 2.58 bits per heavy atom. The number of benzene rings is 2. The van der Waals surface area contributed by atoms with E-state index in [0.29, 0.717) is 53.4 Å². The van der Waals surface area contributed by atoms with Gasteiger partial charge in [0.15, 0.2) is 23.1 Å². The molecule has 0 radical (unpaired) electrons. The van der Waals surface area contributed by atoms with Crippen LogP contribution in [0.2, 0.25) is 0 Å². The van der Waals surface area contributed by atoms with Crippen molar-refractivity contribution in [2.45, 2.75) is 32.8 Å². The van der Waals surface area contributed by atoms with Crippen molar-refractivity contribution in [3.63, 3.8) is 0 Å². The van der Waals surface area contributed by atoms with E-state index < -0.39 is 17.5 Å². The van der Waals surface area contributed by atoms with Crippen LogP contribution < -0.4 is 25.3 Å². The number of anilines is 1. The van der Waals surface area contributed by atoms with Crippen molar-refractivity contribution < 1.29 is 28.1 Å². The summed E-state index contributed by atoms with van der Waals surface area (Å²) in [4.78, 5) is 16.1.